The molecule has 0 amide bonds. The van der Waals surface area contributed by atoms with Crippen LogP contribution < -0.4 is 9.64 Å². The second-order valence-electron chi connectivity index (χ2n) is 6.07. The summed E-state index contributed by atoms with van der Waals surface area (Å²) < 4.78 is 46.3. The molecular weight excluding hydrogens is 381 g/mol. The van der Waals surface area contributed by atoms with Gasteiger partial charge in [0, 0.05) is 18.4 Å². The Morgan fingerprint density at radius 3 is 2.52 bits per heavy atom. The van der Waals surface area contributed by atoms with Crippen molar-refractivity contribution < 1.29 is 17.9 Å². The predicted octanol–water partition coefficient (Wildman–Crippen LogP) is 5.10. The second kappa shape index (κ2) is 8.61. The maximum atomic E-state index is 13.6. The third kappa shape index (κ3) is 4.82. The zero-order valence-corrected chi connectivity index (χ0v) is 15.5. The van der Waals surface area contributed by atoms with Gasteiger partial charge in [-0.2, -0.15) is 23.4 Å². The Kier molecular flexibility index (Phi) is 5.98. The van der Waals surface area contributed by atoms with Crippen LogP contribution in [0.15, 0.2) is 60.8 Å². The number of ether oxygens (including phenoxy) is 1. The maximum Gasteiger partial charge on any atom is 0.421 e. The molecule has 0 saturated carbocycles. The Hall–Kier alpha value is -3.60. The molecule has 0 radical (unpaired) electrons. The molecule has 3 rings (SSSR count). The van der Waals surface area contributed by atoms with Crippen molar-refractivity contribution in [2.75, 3.05) is 11.4 Å². The van der Waals surface area contributed by atoms with Crippen LogP contribution in [0.5, 0.6) is 6.01 Å². The number of anilines is 2. The van der Waals surface area contributed by atoms with E-state index in [1.54, 1.807) is 25.1 Å². The highest BCUT2D eigenvalue weighted by molar-refractivity contribution is 5.65. The van der Waals surface area contributed by atoms with Gasteiger partial charge in [-0.1, -0.05) is 36.4 Å². The third-order valence-corrected chi connectivity index (χ3v) is 4.12. The van der Waals surface area contributed by atoms with Crippen molar-refractivity contribution in [1.29, 1.82) is 5.26 Å². The van der Waals surface area contributed by atoms with Crippen LogP contribution in [0.3, 0.4) is 0 Å². The van der Waals surface area contributed by atoms with Gasteiger partial charge in [-0.05, 0) is 30.7 Å². The fourth-order valence-corrected chi connectivity index (χ4v) is 2.75. The van der Waals surface area contributed by atoms with Crippen molar-refractivity contribution in [2.45, 2.75) is 19.7 Å². The first kappa shape index (κ1) is 20.1. The molecule has 0 saturated heterocycles. The van der Waals surface area contributed by atoms with Crippen molar-refractivity contribution in [1.82, 2.24) is 9.97 Å². The van der Waals surface area contributed by atoms with Crippen LogP contribution in [0.25, 0.3) is 0 Å². The highest BCUT2D eigenvalue weighted by Gasteiger charge is 2.37. The SMILES string of the molecule is CCN(c1cccc(C#N)c1)c1nc(OCc2ccccc2)ncc1C(F)(F)F. The summed E-state index contributed by atoms with van der Waals surface area (Å²) in [5.74, 6) is -0.326. The smallest absolute Gasteiger partial charge is 0.421 e. The molecule has 0 fully saturated rings. The van der Waals surface area contributed by atoms with E-state index in [2.05, 4.69) is 9.97 Å². The number of benzene rings is 2. The van der Waals surface area contributed by atoms with Crippen LogP contribution >= 0.6 is 0 Å². The molecule has 3 aromatic rings. The lowest BCUT2D eigenvalue weighted by molar-refractivity contribution is -0.137. The van der Waals surface area contributed by atoms with Crippen molar-refractivity contribution in [3.63, 3.8) is 0 Å². The number of halogens is 3. The summed E-state index contributed by atoms with van der Waals surface area (Å²) in [5.41, 5.74) is 0.620. The molecule has 148 valence electrons. The number of nitrogens with zero attached hydrogens (tertiary/aromatic N) is 4. The minimum absolute atomic E-state index is 0.127. The van der Waals surface area contributed by atoms with Crippen molar-refractivity contribution >= 4 is 11.5 Å². The molecule has 0 spiro atoms. The Bertz CT molecular complexity index is 1020. The van der Waals surface area contributed by atoms with Crippen molar-refractivity contribution in [2.24, 2.45) is 0 Å². The molecule has 0 unspecified atom stereocenters. The summed E-state index contributed by atoms with van der Waals surface area (Å²) >= 11 is 0. The highest BCUT2D eigenvalue weighted by atomic mass is 19.4. The lowest BCUT2D eigenvalue weighted by Gasteiger charge is -2.25. The van der Waals surface area contributed by atoms with Crippen molar-refractivity contribution in [3.8, 4) is 12.1 Å². The van der Waals surface area contributed by atoms with Crippen molar-refractivity contribution in [3.05, 3.63) is 77.5 Å². The average molecular weight is 398 g/mol. The van der Waals surface area contributed by atoms with E-state index in [9.17, 15) is 13.2 Å². The van der Waals surface area contributed by atoms with Gasteiger partial charge < -0.3 is 9.64 Å². The average Bonchev–Trinajstić information content (AvgIpc) is 2.73. The Morgan fingerprint density at radius 1 is 1.10 bits per heavy atom. The molecule has 1 aromatic heterocycles. The van der Waals surface area contributed by atoms with Gasteiger partial charge in [-0.3, -0.25) is 0 Å². The minimum atomic E-state index is -4.65. The standard InChI is InChI=1S/C21H17F3N4O/c1-2-28(17-10-6-9-16(11-17)12-25)19-18(21(22,23)24)13-26-20(27-19)29-14-15-7-4-3-5-8-15/h3-11,13H,2,14H2,1H3. The summed E-state index contributed by atoms with van der Waals surface area (Å²) in [6, 6.07) is 17.3. The molecule has 8 heteroatoms. The summed E-state index contributed by atoms with van der Waals surface area (Å²) in [4.78, 5) is 9.16. The molecule has 1 heterocycles. The van der Waals surface area contributed by atoms with Crippen LogP contribution in [-0.2, 0) is 12.8 Å². The fraction of sp³-hybridized carbons (Fsp3) is 0.190. The predicted molar refractivity (Wildman–Crippen MR) is 102 cm³/mol. The molecule has 0 aliphatic rings. The van der Waals surface area contributed by atoms with Gasteiger partial charge in [0.25, 0.3) is 0 Å². The topological polar surface area (TPSA) is 62.0 Å². The van der Waals surface area contributed by atoms with Gasteiger partial charge in [0.1, 0.15) is 12.2 Å². The number of rotatable bonds is 6. The molecule has 0 bridgehead atoms. The molecule has 5 nitrogen and oxygen atoms in total. The van der Waals surface area contributed by atoms with E-state index >= 15 is 0 Å². The molecular formula is C21H17F3N4O. The lowest BCUT2D eigenvalue weighted by Crippen LogP contribution is -2.23. The van der Waals surface area contributed by atoms with Gasteiger partial charge >= 0.3 is 12.2 Å². The molecule has 0 N–H and O–H groups in total. The van der Waals surface area contributed by atoms with Gasteiger partial charge in [0.2, 0.25) is 0 Å². The quantitative estimate of drug-likeness (QED) is 0.578. The second-order valence-corrected chi connectivity index (χ2v) is 6.07. The van der Waals surface area contributed by atoms with E-state index in [-0.39, 0.29) is 25.0 Å². The van der Waals surface area contributed by atoms with E-state index in [1.165, 1.54) is 11.0 Å². The number of nitriles is 1. The summed E-state index contributed by atoms with van der Waals surface area (Å²) in [7, 11) is 0. The summed E-state index contributed by atoms with van der Waals surface area (Å²) in [5, 5.41) is 9.10. The normalized spacial score (nSPS) is 11.0. The van der Waals surface area contributed by atoms with Gasteiger partial charge in [-0.15, -0.1) is 0 Å². The lowest BCUT2D eigenvalue weighted by atomic mass is 10.2. The fourth-order valence-electron chi connectivity index (χ4n) is 2.75. The Morgan fingerprint density at radius 2 is 1.86 bits per heavy atom. The molecule has 0 atom stereocenters. The highest BCUT2D eigenvalue weighted by Crippen LogP contribution is 2.38. The Labute approximate surface area is 166 Å². The molecule has 0 aliphatic heterocycles. The van der Waals surface area contributed by atoms with Crippen LogP contribution in [0.1, 0.15) is 23.6 Å². The number of hydrogen-bond acceptors (Lipinski definition) is 5. The van der Waals surface area contributed by atoms with Crippen LogP contribution in [0, 0.1) is 11.3 Å². The number of aromatic nitrogens is 2. The maximum absolute atomic E-state index is 13.6. The van der Waals surface area contributed by atoms with Gasteiger partial charge in [0.15, 0.2) is 5.82 Å². The molecule has 2 aromatic carbocycles. The first-order valence-electron chi connectivity index (χ1n) is 8.81. The zero-order chi connectivity index (χ0) is 20.9. The van der Waals surface area contributed by atoms with Crippen LogP contribution in [0.2, 0.25) is 0 Å². The van der Waals surface area contributed by atoms with E-state index in [4.69, 9.17) is 10.00 Å². The monoisotopic (exact) mass is 398 g/mol. The van der Waals surface area contributed by atoms with E-state index in [1.807, 2.05) is 36.4 Å². The molecule has 29 heavy (non-hydrogen) atoms. The summed E-state index contributed by atoms with van der Waals surface area (Å²) in [6.45, 7) is 2.03. The number of alkyl halides is 3. The largest absolute Gasteiger partial charge is 0.459 e. The zero-order valence-electron chi connectivity index (χ0n) is 15.5. The first-order valence-corrected chi connectivity index (χ1v) is 8.81. The third-order valence-electron chi connectivity index (χ3n) is 4.12. The van der Waals surface area contributed by atoms with Crippen LogP contribution in [-0.4, -0.2) is 16.5 Å². The molecule has 0 aliphatic carbocycles. The first-order chi connectivity index (χ1) is 13.9. The van der Waals surface area contributed by atoms with Gasteiger partial charge in [0.05, 0.1) is 11.6 Å². The number of hydrogen-bond donors (Lipinski definition) is 0. The summed E-state index contributed by atoms with van der Waals surface area (Å²) in [6.07, 6.45) is -3.92. The van der Waals surface area contributed by atoms with E-state index in [0.717, 1.165) is 11.8 Å². The Balaban J connectivity index is 1.99. The van der Waals surface area contributed by atoms with Gasteiger partial charge in [-0.25, -0.2) is 4.98 Å². The minimum Gasteiger partial charge on any atom is -0.459 e. The van der Waals surface area contributed by atoms with Crippen LogP contribution in [0.4, 0.5) is 24.7 Å². The van der Waals surface area contributed by atoms with E-state index < -0.39 is 11.7 Å². The van der Waals surface area contributed by atoms with E-state index in [0.29, 0.717) is 11.3 Å².